The van der Waals surface area contributed by atoms with Crippen LogP contribution in [0.1, 0.15) is 303 Å². The predicted octanol–water partition coefficient (Wildman–Crippen LogP) is 17.1. The summed E-state index contributed by atoms with van der Waals surface area (Å²) in [5.41, 5.74) is 0. The molecule has 0 aromatic heterocycles. The number of hydrogen-bond acceptors (Lipinski definition) is 5. The largest absolute Gasteiger partial charge is 0.466 e. The SMILES string of the molecule is CCCCC/C=C\C/C=C\CCCCCCCCCC(=O)OCCCCCCCCCCCC(=O)NC(CO)C(O)CCCCCCCCCCCCCCCCCCCCCC. The van der Waals surface area contributed by atoms with Gasteiger partial charge in [0.05, 0.1) is 25.4 Å². The first-order chi connectivity index (χ1) is 31.0. The van der Waals surface area contributed by atoms with Crippen LogP contribution in [0.3, 0.4) is 0 Å². The van der Waals surface area contributed by atoms with Crippen molar-refractivity contribution in [2.75, 3.05) is 13.2 Å². The fourth-order valence-corrected chi connectivity index (χ4v) is 8.67. The minimum absolute atomic E-state index is 0.0319. The molecule has 63 heavy (non-hydrogen) atoms. The van der Waals surface area contributed by atoms with E-state index in [1.165, 1.54) is 205 Å². The first kappa shape index (κ1) is 61.3. The van der Waals surface area contributed by atoms with Gasteiger partial charge in [0.1, 0.15) is 0 Å². The molecule has 2 unspecified atom stereocenters. The number of ether oxygens (including phenoxy) is 1. The fourth-order valence-electron chi connectivity index (χ4n) is 8.67. The van der Waals surface area contributed by atoms with E-state index in [-0.39, 0.29) is 18.5 Å². The van der Waals surface area contributed by atoms with Crippen molar-refractivity contribution in [1.82, 2.24) is 5.32 Å². The third kappa shape index (κ3) is 49.6. The van der Waals surface area contributed by atoms with Crippen LogP contribution in [0.4, 0.5) is 0 Å². The number of esters is 1. The highest BCUT2D eigenvalue weighted by Crippen LogP contribution is 2.17. The van der Waals surface area contributed by atoms with Gasteiger partial charge in [0.2, 0.25) is 5.91 Å². The number of carbonyl (C=O) groups is 2. The van der Waals surface area contributed by atoms with E-state index in [4.69, 9.17) is 4.74 Å². The van der Waals surface area contributed by atoms with Crippen molar-refractivity contribution in [2.24, 2.45) is 0 Å². The number of hydrogen-bond donors (Lipinski definition) is 3. The van der Waals surface area contributed by atoms with Gasteiger partial charge in [0.25, 0.3) is 0 Å². The average Bonchev–Trinajstić information content (AvgIpc) is 3.28. The number of unbranched alkanes of at least 4 members (excludes halogenated alkanes) is 37. The molecule has 0 aromatic carbocycles. The van der Waals surface area contributed by atoms with E-state index >= 15 is 0 Å². The van der Waals surface area contributed by atoms with Crippen molar-refractivity contribution in [1.29, 1.82) is 0 Å². The van der Waals surface area contributed by atoms with Gasteiger partial charge >= 0.3 is 5.97 Å². The predicted molar refractivity (Wildman–Crippen MR) is 273 cm³/mol. The molecule has 0 rings (SSSR count). The van der Waals surface area contributed by atoms with Crippen molar-refractivity contribution in [2.45, 2.75) is 315 Å². The Kier molecular flexibility index (Phi) is 51.6. The van der Waals surface area contributed by atoms with Crippen LogP contribution in [0.25, 0.3) is 0 Å². The molecule has 6 nitrogen and oxygen atoms in total. The third-order valence-electron chi connectivity index (χ3n) is 13.0. The van der Waals surface area contributed by atoms with E-state index < -0.39 is 12.1 Å². The molecule has 0 fully saturated rings. The quantitative estimate of drug-likeness (QED) is 0.0321. The second-order valence-electron chi connectivity index (χ2n) is 19.3. The van der Waals surface area contributed by atoms with Gasteiger partial charge in [-0.2, -0.15) is 0 Å². The Labute approximate surface area is 392 Å². The standard InChI is InChI=1S/C57H109NO5/c1-3-5-7-9-11-13-15-17-19-21-22-23-25-26-28-30-33-37-41-45-49-55(60)54(53-59)58-56(61)50-46-42-38-34-32-36-40-44-48-52-63-57(62)51-47-43-39-35-31-29-27-24-20-18-16-14-12-10-8-6-4-2/h12,14,18,20,54-55,59-60H,3-11,13,15-17,19,21-53H2,1-2H3,(H,58,61)/b14-12-,20-18-. The van der Waals surface area contributed by atoms with Crippen LogP contribution in [0.2, 0.25) is 0 Å². The zero-order valence-corrected chi connectivity index (χ0v) is 42.3. The summed E-state index contributed by atoms with van der Waals surface area (Å²) in [6.07, 6.45) is 63.0. The van der Waals surface area contributed by atoms with Crippen LogP contribution in [0.5, 0.6) is 0 Å². The molecular formula is C57H109NO5. The highest BCUT2D eigenvalue weighted by atomic mass is 16.5. The summed E-state index contributed by atoms with van der Waals surface area (Å²) in [6.45, 7) is 4.88. The van der Waals surface area contributed by atoms with Gasteiger partial charge in [-0.3, -0.25) is 9.59 Å². The topological polar surface area (TPSA) is 95.9 Å². The summed E-state index contributed by atoms with van der Waals surface area (Å²) in [5.74, 6) is -0.0928. The molecule has 0 aromatic rings. The Balaban J connectivity index is 3.48. The molecule has 3 N–H and O–H groups in total. The Morgan fingerprint density at radius 1 is 0.444 bits per heavy atom. The average molecular weight is 889 g/mol. The van der Waals surface area contributed by atoms with Crippen LogP contribution in [0, 0.1) is 0 Å². The van der Waals surface area contributed by atoms with E-state index in [0.717, 1.165) is 64.2 Å². The molecule has 0 spiro atoms. The van der Waals surface area contributed by atoms with Crippen LogP contribution >= 0.6 is 0 Å². The van der Waals surface area contributed by atoms with Gasteiger partial charge in [0.15, 0.2) is 0 Å². The minimum Gasteiger partial charge on any atom is -0.466 e. The molecule has 6 heteroatoms. The van der Waals surface area contributed by atoms with E-state index in [2.05, 4.69) is 43.5 Å². The lowest BCUT2D eigenvalue weighted by Crippen LogP contribution is -2.45. The normalized spacial score (nSPS) is 12.8. The van der Waals surface area contributed by atoms with Crippen molar-refractivity contribution < 1.29 is 24.5 Å². The van der Waals surface area contributed by atoms with Crippen LogP contribution in [-0.2, 0) is 14.3 Å². The van der Waals surface area contributed by atoms with E-state index in [0.29, 0.717) is 25.9 Å². The summed E-state index contributed by atoms with van der Waals surface area (Å²) in [4.78, 5) is 24.6. The molecule has 0 bridgehead atoms. The molecule has 2 atom stereocenters. The summed E-state index contributed by atoms with van der Waals surface area (Å²) >= 11 is 0. The summed E-state index contributed by atoms with van der Waals surface area (Å²) in [5, 5.41) is 23.3. The van der Waals surface area contributed by atoms with Gasteiger partial charge in [-0.25, -0.2) is 0 Å². The second-order valence-corrected chi connectivity index (χ2v) is 19.3. The number of aliphatic hydroxyl groups excluding tert-OH is 2. The number of rotatable bonds is 52. The van der Waals surface area contributed by atoms with Crippen molar-refractivity contribution in [3.05, 3.63) is 24.3 Å². The monoisotopic (exact) mass is 888 g/mol. The number of allylic oxidation sites excluding steroid dienone is 4. The molecule has 0 radical (unpaired) electrons. The van der Waals surface area contributed by atoms with Gasteiger partial charge in [-0.1, -0.05) is 256 Å². The van der Waals surface area contributed by atoms with Gasteiger partial charge < -0.3 is 20.3 Å². The molecule has 0 aliphatic carbocycles. The van der Waals surface area contributed by atoms with E-state index in [9.17, 15) is 19.8 Å². The summed E-state index contributed by atoms with van der Waals surface area (Å²) in [6, 6.07) is -0.563. The number of nitrogens with one attached hydrogen (secondary N) is 1. The first-order valence-corrected chi connectivity index (χ1v) is 28.1. The molecule has 0 aliphatic heterocycles. The Morgan fingerprint density at radius 2 is 0.794 bits per heavy atom. The number of carbonyl (C=O) groups excluding carboxylic acids is 2. The Morgan fingerprint density at radius 3 is 1.24 bits per heavy atom. The van der Waals surface area contributed by atoms with Crippen LogP contribution in [0.15, 0.2) is 24.3 Å². The van der Waals surface area contributed by atoms with Crippen LogP contribution < -0.4 is 5.32 Å². The van der Waals surface area contributed by atoms with E-state index in [1.54, 1.807) is 0 Å². The maximum absolute atomic E-state index is 12.5. The minimum atomic E-state index is -0.683. The zero-order chi connectivity index (χ0) is 45.8. The molecule has 0 aliphatic rings. The van der Waals surface area contributed by atoms with Crippen LogP contribution in [-0.4, -0.2) is 47.4 Å². The maximum atomic E-state index is 12.5. The maximum Gasteiger partial charge on any atom is 0.305 e. The number of aliphatic hydroxyl groups is 2. The molecule has 0 heterocycles. The van der Waals surface area contributed by atoms with Crippen molar-refractivity contribution in [3.8, 4) is 0 Å². The molecule has 0 saturated carbocycles. The molecule has 1 amide bonds. The smallest absolute Gasteiger partial charge is 0.305 e. The summed E-state index contributed by atoms with van der Waals surface area (Å²) in [7, 11) is 0. The van der Waals surface area contributed by atoms with E-state index in [1.807, 2.05) is 0 Å². The Hall–Kier alpha value is -1.66. The Bertz CT molecular complexity index is 982. The first-order valence-electron chi connectivity index (χ1n) is 28.1. The lowest BCUT2D eigenvalue weighted by molar-refractivity contribution is -0.143. The van der Waals surface area contributed by atoms with Gasteiger partial charge in [0, 0.05) is 12.8 Å². The third-order valence-corrected chi connectivity index (χ3v) is 13.0. The van der Waals surface area contributed by atoms with Gasteiger partial charge in [-0.05, 0) is 57.8 Å². The molecule has 0 saturated heterocycles. The highest BCUT2D eigenvalue weighted by Gasteiger charge is 2.20. The van der Waals surface area contributed by atoms with Crippen molar-refractivity contribution >= 4 is 11.9 Å². The lowest BCUT2D eigenvalue weighted by Gasteiger charge is -2.22. The number of amides is 1. The lowest BCUT2D eigenvalue weighted by atomic mass is 10.0. The van der Waals surface area contributed by atoms with Crippen molar-refractivity contribution in [3.63, 3.8) is 0 Å². The zero-order valence-electron chi connectivity index (χ0n) is 42.3. The van der Waals surface area contributed by atoms with Gasteiger partial charge in [-0.15, -0.1) is 0 Å². The molecule has 372 valence electrons. The molecular weight excluding hydrogens is 779 g/mol. The second kappa shape index (κ2) is 53.0. The fraction of sp³-hybridized carbons (Fsp3) is 0.895. The highest BCUT2D eigenvalue weighted by molar-refractivity contribution is 5.76. The summed E-state index contributed by atoms with van der Waals surface area (Å²) < 4.78 is 5.46.